The van der Waals surface area contributed by atoms with E-state index in [2.05, 4.69) is 30.8 Å². The summed E-state index contributed by atoms with van der Waals surface area (Å²) in [7, 11) is 3.71. The van der Waals surface area contributed by atoms with Gasteiger partial charge in [0.05, 0.1) is 19.0 Å². The van der Waals surface area contributed by atoms with Crippen LogP contribution in [0.25, 0.3) is 0 Å². The predicted octanol–water partition coefficient (Wildman–Crippen LogP) is 1.82. The summed E-state index contributed by atoms with van der Waals surface area (Å²) in [5.41, 5.74) is 7.88. The molecule has 0 spiro atoms. The number of hydrogen-bond acceptors (Lipinski definition) is 4. The highest BCUT2D eigenvalue weighted by molar-refractivity contribution is 5.57. The van der Waals surface area contributed by atoms with Gasteiger partial charge in [0.2, 0.25) is 0 Å². The van der Waals surface area contributed by atoms with E-state index >= 15 is 0 Å². The van der Waals surface area contributed by atoms with Crippen LogP contribution in [0, 0.1) is 12.3 Å². The fourth-order valence-electron chi connectivity index (χ4n) is 1.78. The van der Waals surface area contributed by atoms with E-state index in [1.807, 2.05) is 13.0 Å². The van der Waals surface area contributed by atoms with Crippen molar-refractivity contribution in [3.8, 4) is 5.75 Å². The van der Waals surface area contributed by atoms with Gasteiger partial charge in [0.1, 0.15) is 0 Å². The van der Waals surface area contributed by atoms with E-state index in [0.717, 1.165) is 23.7 Å². The zero-order valence-corrected chi connectivity index (χ0v) is 11.4. The van der Waals surface area contributed by atoms with Crippen molar-refractivity contribution in [3.05, 3.63) is 18.0 Å². The van der Waals surface area contributed by atoms with Gasteiger partial charge in [0.25, 0.3) is 0 Å². The molecule has 0 fully saturated rings. The summed E-state index contributed by atoms with van der Waals surface area (Å²) in [6.45, 7) is 7.83. The molecule has 0 radical (unpaired) electrons. The second kappa shape index (κ2) is 5.36. The molecule has 96 valence electrons. The number of nitrogens with zero attached hydrogens (tertiary/aromatic N) is 2. The maximum absolute atomic E-state index is 5.76. The molecule has 4 heteroatoms. The monoisotopic (exact) mass is 237 g/mol. The van der Waals surface area contributed by atoms with Crippen LogP contribution in [0.2, 0.25) is 0 Å². The van der Waals surface area contributed by atoms with Crippen LogP contribution in [0.4, 0.5) is 5.69 Å². The van der Waals surface area contributed by atoms with Gasteiger partial charge in [-0.1, -0.05) is 13.8 Å². The molecule has 0 aliphatic carbocycles. The number of nitrogens with two attached hydrogens (primary N) is 1. The number of anilines is 1. The summed E-state index contributed by atoms with van der Waals surface area (Å²) in [5.74, 6) is 0.797. The second-order valence-electron chi connectivity index (χ2n) is 5.22. The summed E-state index contributed by atoms with van der Waals surface area (Å²) in [5, 5.41) is 0. The van der Waals surface area contributed by atoms with Crippen LogP contribution in [0.3, 0.4) is 0 Å². The summed E-state index contributed by atoms with van der Waals surface area (Å²) in [6.07, 6.45) is 1.76. The number of methoxy groups -OCH3 is 1. The first-order valence-corrected chi connectivity index (χ1v) is 5.81. The Bertz CT molecular complexity index is 377. The van der Waals surface area contributed by atoms with Gasteiger partial charge < -0.3 is 15.4 Å². The molecule has 1 rings (SSSR count). The standard InChI is InChI=1S/C13H23N3O/c1-10-6-11(12(17-5)7-15-10)16(4)9-13(2,3)8-14/h6-7H,8-9,14H2,1-5H3. The van der Waals surface area contributed by atoms with Crippen LogP contribution in [-0.4, -0.2) is 32.2 Å². The Labute approximate surface area is 104 Å². The lowest BCUT2D eigenvalue weighted by Gasteiger charge is -2.31. The van der Waals surface area contributed by atoms with Crippen LogP contribution in [0.15, 0.2) is 12.3 Å². The highest BCUT2D eigenvalue weighted by Crippen LogP contribution is 2.29. The number of ether oxygens (including phenoxy) is 1. The molecule has 1 heterocycles. The molecule has 1 aromatic rings. The third kappa shape index (κ3) is 3.60. The van der Waals surface area contributed by atoms with Crippen LogP contribution in [-0.2, 0) is 0 Å². The minimum absolute atomic E-state index is 0.0803. The summed E-state index contributed by atoms with van der Waals surface area (Å²) >= 11 is 0. The third-order valence-electron chi connectivity index (χ3n) is 2.83. The number of aromatic nitrogens is 1. The first kappa shape index (κ1) is 13.8. The molecule has 0 unspecified atom stereocenters. The quantitative estimate of drug-likeness (QED) is 0.848. The minimum Gasteiger partial charge on any atom is -0.493 e. The molecule has 0 aliphatic heterocycles. The lowest BCUT2D eigenvalue weighted by atomic mass is 9.93. The van der Waals surface area contributed by atoms with Crippen molar-refractivity contribution < 1.29 is 4.74 Å². The van der Waals surface area contributed by atoms with Crippen LogP contribution in [0.5, 0.6) is 5.75 Å². The smallest absolute Gasteiger partial charge is 0.160 e. The molecule has 0 atom stereocenters. The van der Waals surface area contributed by atoms with E-state index in [1.165, 1.54) is 0 Å². The van der Waals surface area contributed by atoms with E-state index in [-0.39, 0.29) is 5.41 Å². The van der Waals surface area contributed by atoms with Gasteiger partial charge in [-0.05, 0) is 24.9 Å². The molecule has 17 heavy (non-hydrogen) atoms. The zero-order valence-electron chi connectivity index (χ0n) is 11.4. The van der Waals surface area contributed by atoms with Gasteiger partial charge >= 0.3 is 0 Å². The van der Waals surface area contributed by atoms with Gasteiger partial charge in [-0.3, -0.25) is 4.98 Å². The maximum atomic E-state index is 5.76. The molecule has 4 nitrogen and oxygen atoms in total. The SMILES string of the molecule is COc1cnc(C)cc1N(C)CC(C)(C)CN. The van der Waals surface area contributed by atoms with Crippen molar-refractivity contribution in [2.75, 3.05) is 32.1 Å². The lowest BCUT2D eigenvalue weighted by molar-refractivity contribution is 0.379. The van der Waals surface area contributed by atoms with Crippen molar-refractivity contribution in [2.24, 2.45) is 11.1 Å². The fourth-order valence-corrected chi connectivity index (χ4v) is 1.78. The molecule has 0 saturated heterocycles. The third-order valence-corrected chi connectivity index (χ3v) is 2.83. The predicted molar refractivity (Wildman–Crippen MR) is 71.6 cm³/mol. The largest absolute Gasteiger partial charge is 0.493 e. The zero-order chi connectivity index (χ0) is 13.1. The van der Waals surface area contributed by atoms with Crippen LogP contribution >= 0.6 is 0 Å². The molecule has 1 aromatic heterocycles. The Morgan fingerprint density at radius 3 is 2.65 bits per heavy atom. The van der Waals surface area contributed by atoms with Crippen molar-refractivity contribution in [3.63, 3.8) is 0 Å². The van der Waals surface area contributed by atoms with Crippen molar-refractivity contribution in [2.45, 2.75) is 20.8 Å². The molecule has 0 aromatic carbocycles. The average molecular weight is 237 g/mol. The highest BCUT2D eigenvalue weighted by atomic mass is 16.5. The summed E-state index contributed by atoms with van der Waals surface area (Å²) in [6, 6.07) is 2.03. The van der Waals surface area contributed by atoms with Gasteiger partial charge in [0, 0.05) is 19.3 Å². The molecule has 0 bridgehead atoms. The second-order valence-corrected chi connectivity index (χ2v) is 5.22. The molecular weight excluding hydrogens is 214 g/mol. The van der Waals surface area contributed by atoms with Crippen molar-refractivity contribution in [1.29, 1.82) is 0 Å². The Hall–Kier alpha value is -1.29. The molecular formula is C13H23N3O. The molecule has 0 amide bonds. The number of aryl methyl sites for hydroxylation is 1. The van der Waals surface area contributed by atoms with Crippen molar-refractivity contribution >= 4 is 5.69 Å². The Morgan fingerprint density at radius 1 is 1.47 bits per heavy atom. The van der Waals surface area contributed by atoms with Gasteiger partial charge in [-0.15, -0.1) is 0 Å². The normalized spacial score (nSPS) is 11.4. The number of hydrogen-bond donors (Lipinski definition) is 1. The first-order valence-electron chi connectivity index (χ1n) is 5.81. The summed E-state index contributed by atoms with van der Waals surface area (Å²) in [4.78, 5) is 6.40. The Kier molecular flexibility index (Phi) is 4.34. The summed E-state index contributed by atoms with van der Waals surface area (Å²) < 4.78 is 5.33. The van der Waals surface area contributed by atoms with Gasteiger partial charge in [-0.25, -0.2) is 0 Å². The number of pyridine rings is 1. The molecule has 2 N–H and O–H groups in total. The van der Waals surface area contributed by atoms with Crippen LogP contribution < -0.4 is 15.4 Å². The van der Waals surface area contributed by atoms with Crippen molar-refractivity contribution in [1.82, 2.24) is 4.98 Å². The van der Waals surface area contributed by atoms with Gasteiger partial charge in [-0.2, -0.15) is 0 Å². The number of rotatable bonds is 5. The highest BCUT2D eigenvalue weighted by Gasteiger charge is 2.20. The molecule has 0 saturated carbocycles. The van der Waals surface area contributed by atoms with E-state index in [1.54, 1.807) is 13.3 Å². The van der Waals surface area contributed by atoms with Crippen LogP contribution in [0.1, 0.15) is 19.5 Å². The Morgan fingerprint density at radius 2 is 2.12 bits per heavy atom. The topological polar surface area (TPSA) is 51.4 Å². The van der Waals surface area contributed by atoms with E-state index in [0.29, 0.717) is 6.54 Å². The van der Waals surface area contributed by atoms with E-state index in [9.17, 15) is 0 Å². The fraction of sp³-hybridized carbons (Fsp3) is 0.615. The minimum atomic E-state index is 0.0803. The van der Waals surface area contributed by atoms with E-state index in [4.69, 9.17) is 10.5 Å². The van der Waals surface area contributed by atoms with Gasteiger partial charge in [0.15, 0.2) is 5.75 Å². The van der Waals surface area contributed by atoms with E-state index < -0.39 is 0 Å². The molecule has 0 aliphatic rings. The first-order chi connectivity index (χ1) is 7.89. The maximum Gasteiger partial charge on any atom is 0.160 e. The lowest BCUT2D eigenvalue weighted by Crippen LogP contribution is -2.36. The average Bonchev–Trinajstić information content (AvgIpc) is 2.28. The Balaban J connectivity index is 2.95.